The van der Waals surface area contributed by atoms with Crippen LogP contribution in [-0.4, -0.2) is 22.4 Å². The molecule has 0 bridgehead atoms. The number of hydrogen-bond acceptors (Lipinski definition) is 4. The fourth-order valence-corrected chi connectivity index (χ4v) is 3.98. The van der Waals surface area contributed by atoms with Crippen molar-refractivity contribution in [2.75, 3.05) is 7.11 Å². The molecule has 0 aliphatic heterocycles. The highest BCUT2D eigenvalue weighted by Gasteiger charge is 2.12. The fraction of sp³-hybridized carbons (Fsp3) is 0.182. The SMILES string of the molecule is COc1ccc(-c2cn3c(CC(=O)NCc4cccc(C)c4)csc3n2)cc1. The molecular formula is C22H21N3O2S. The molecule has 0 saturated carbocycles. The van der Waals surface area contributed by atoms with Gasteiger partial charge in [0.2, 0.25) is 5.91 Å². The minimum Gasteiger partial charge on any atom is -0.497 e. The molecule has 4 rings (SSSR count). The molecule has 5 nitrogen and oxygen atoms in total. The van der Waals surface area contributed by atoms with Crippen LogP contribution in [0.2, 0.25) is 0 Å². The molecule has 0 unspecified atom stereocenters. The quantitative estimate of drug-likeness (QED) is 0.535. The maximum absolute atomic E-state index is 12.4. The average molecular weight is 391 g/mol. The van der Waals surface area contributed by atoms with Crippen LogP contribution in [0.15, 0.2) is 60.1 Å². The third-order valence-electron chi connectivity index (χ3n) is 4.58. The average Bonchev–Trinajstić information content (AvgIpc) is 3.29. The van der Waals surface area contributed by atoms with Crippen molar-refractivity contribution in [3.05, 3.63) is 76.9 Å². The topological polar surface area (TPSA) is 55.6 Å². The Morgan fingerprint density at radius 3 is 2.79 bits per heavy atom. The zero-order valence-electron chi connectivity index (χ0n) is 15.8. The summed E-state index contributed by atoms with van der Waals surface area (Å²) in [6.45, 7) is 2.58. The van der Waals surface area contributed by atoms with E-state index in [2.05, 4.69) is 16.4 Å². The number of fused-ring (bicyclic) bond motifs is 1. The molecule has 1 N–H and O–H groups in total. The van der Waals surface area contributed by atoms with Crippen LogP contribution in [-0.2, 0) is 17.8 Å². The Balaban J connectivity index is 1.46. The summed E-state index contributed by atoms with van der Waals surface area (Å²) in [6.07, 6.45) is 2.31. The summed E-state index contributed by atoms with van der Waals surface area (Å²) in [5, 5.41) is 4.99. The standard InChI is InChI=1S/C22H21N3O2S/c1-15-4-3-5-16(10-15)12-23-21(26)11-18-14-28-22-24-20(13-25(18)22)17-6-8-19(27-2)9-7-17/h3-10,13-14H,11-12H2,1-2H3,(H,23,26). The van der Waals surface area contributed by atoms with Crippen LogP contribution in [0.5, 0.6) is 5.75 Å². The second-order valence-corrected chi connectivity index (χ2v) is 7.51. The van der Waals surface area contributed by atoms with Crippen molar-refractivity contribution in [2.45, 2.75) is 19.9 Å². The smallest absolute Gasteiger partial charge is 0.226 e. The summed E-state index contributed by atoms with van der Waals surface area (Å²) in [6, 6.07) is 16.0. The molecule has 2 aromatic heterocycles. The molecule has 4 aromatic rings. The van der Waals surface area contributed by atoms with Gasteiger partial charge in [-0.05, 0) is 36.8 Å². The van der Waals surface area contributed by atoms with Crippen molar-refractivity contribution in [2.24, 2.45) is 0 Å². The summed E-state index contributed by atoms with van der Waals surface area (Å²) in [5.41, 5.74) is 5.14. The van der Waals surface area contributed by atoms with Gasteiger partial charge in [-0.1, -0.05) is 29.8 Å². The van der Waals surface area contributed by atoms with Crippen molar-refractivity contribution >= 4 is 22.2 Å². The highest BCUT2D eigenvalue weighted by atomic mass is 32.1. The largest absolute Gasteiger partial charge is 0.497 e. The molecule has 1 amide bonds. The maximum Gasteiger partial charge on any atom is 0.226 e. The van der Waals surface area contributed by atoms with E-state index in [4.69, 9.17) is 4.74 Å². The van der Waals surface area contributed by atoms with Gasteiger partial charge in [0.05, 0.1) is 19.2 Å². The van der Waals surface area contributed by atoms with Crippen molar-refractivity contribution in [3.8, 4) is 17.0 Å². The van der Waals surface area contributed by atoms with E-state index in [0.29, 0.717) is 13.0 Å². The predicted octanol–water partition coefficient (Wildman–Crippen LogP) is 4.24. The van der Waals surface area contributed by atoms with E-state index in [1.165, 1.54) is 5.56 Å². The minimum atomic E-state index is 0.000837. The first-order chi connectivity index (χ1) is 13.6. The Morgan fingerprint density at radius 2 is 2.04 bits per heavy atom. The zero-order valence-corrected chi connectivity index (χ0v) is 16.6. The molecule has 0 atom stereocenters. The third-order valence-corrected chi connectivity index (χ3v) is 5.47. The molecule has 2 heterocycles. The van der Waals surface area contributed by atoms with Gasteiger partial charge in [-0.2, -0.15) is 0 Å². The van der Waals surface area contributed by atoms with Crippen LogP contribution in [0.4, 0.5) is 0 Å². The zero-order chi connectivity index (χ0) is 19.5. The lowest BCUT2D eigenvalue weighted by atomic mass is 10.1. The molecule has 0 radical (unpaired) electrons. The second kappa shape index (κ2) is 7.86. The van der Waals surface area contributed by atoms with Crippen molar-refractivity contribution in [3.63, 3.8) is 0 Å². The van der Waals surface area contributed by atoms with Gasteiger partial charge in [0.15, 0.2) is 4.96 Å². The number of imidazole rings is 1. The fourth-order valence-electron chi connectivity index (χ4n) is 3.11. The van der Waals surface area contributed by atoms with Crippen molar-refractivity contribution in [1.29, 1.82) is 0 Å². The molecule has 0 aliphatic carbocycles. The van der Waals surface area contributed by atoms with Crippen molar-refractivity contribution < 1.29 is 9.53 Å². The first-order valence-corrected chi connectivity index (χ1v) is 9.92. The molecule has 0 spiro atoms. The normalized spacial score (nSPS) is 10.9. The van der Waals surface area contributed by atoms with E-state index in [1.807, 2.05) is 65.4 Å². The minimum absolute atomic E-state index is 0.000837. The van der Waals surface area contributed by atoms with E-state index in [1.54, 1.807) is 18.4 Å². The maximum atomic E-state index is 12.4. The summed E-state index contributed by atoms with van der Waals surface area (Å²) < 4.78 is 7.20. The summed E-state index contributed by atoms with van der Waals surface area (Å²) in [4.78, 5) is 18.0. The third kappa shape index (κ3) is 3.92. The van der Waals surface area contributed by atoms with E-state index in [-0.39, 0.29) is 5.91 Å². The lowest BCUT2D eigenvalue weighted by Gasteiger charge is -2.06. The van der Waals surface area contributed by atoms with E-state index in [9.17, 15) is 4.79 Å². The number of aryl methyl sites for hydroxylation is 1. The van der Waals surface area contributed by atoms with Gasteiger partial charge in [0.25, 0.3) is 0 Å². The number of amides is 1. The number of rotatable bonds is 6. The molecule has 0 fully saturated rings. The number of methoxy groups -OCH3 is 1. The Labute approximate surface area is 167 Å². The van der Waals surface area contributed by atoms with Crippen LogP contribution in [0, 0.1) is 6.92 Å². The number of aromatic nitrogens is 2. The monoisotopic (exact) mass is 391 g/mol. The van der Waals surface area contributed by atoms with Gasteiger partial charge in [-0.15, -0.1) is 11.3 Å². The number of carbonyl (C=O) groups excluding carboxylic acids is 1. The number of benzene rings is 2. The van der Waals surface area contributed by atoms with Crippen LogP contribution in [0.1, 0.15) is 16.8 Å². The van der Waals surface area contributed by atoms with Gasteiger partial charge in [-0.3, -0.25) is 9.20 Å². The first kappa shape index (κ1) is 18.3. The van der Waals surface area contributed by atoms with Crippen LogP contribution < -0.4 is 10.1 Å². The number of ether oxygens (including phenoxy) is 1. The van der Waals surface area contributed by atoms with Gasteiger partial charge >= 0.3 is 0 Å². The summed E-state index contributed by atoms with van der Waals surface area (Å²) in [7, 11) is 1.65. The molecule has 28 heavy (non-hydrogen) atoms. The van der Waals surface area contributed by atoms with E-state index < -0.39 is 0 Å². The molecule has 142 valence electrons. The number of hydrogen-bond donors (Lipinski definition) is 1. The summed E-state index contributed by atoms with van der Waals surface area (Å²) in [5.74, 6) is 0.816. The number of thiazole rings is 1. The predicted molar refractivity (Wildman–Crippen MR) is 112 cm³/mol. The molecule has 0 aliphatic rings. The molecule has 0 saturated heterocycles. The first-order valence-electron chi connectivity index (χ1n) is 9.04. The van der Waals surface area contributed by atoms with E-state index in [0.717, 1.165) is 33.2 Å². The lowest BCUT2D eigenvalue weighted by molar-refractivity contribution is -0.120. The van der Waals surface area contributed by atoms with Crippen LogP contribution in [0.25, 0.3) is 16.2 Å². The Kier molecular flexibility index (Phi) is 5.12. The van der Waals surface area contributed by atoms with Gasteiger partial charge < -0.3 is 10.1 Å². The molecule has 2 aromatic carbocycles. The van der Waals surface area contributed by atoms with Crippen molar-refractivity contribution in [1.82, 2.24) is 14.7 Å². The second-order valence-electron chi connectivity index (χ2n) is 6.68. The highest BCUT2D eigenvalue weighted by molar-refractivity contribution is 7.15. The molecular weight excluding hydrogens is 370 g/mol. The van der Waals surface area contributed by atoms with Crippen LogP contribution in [0.3, 0.4) is 0 Å². The summed E-state index contributed by atoms with van der Waals surface area (Å²) >= 11 is 1.54. The van der Waals surface area contributed by atoms with E-state index >= 15 is 0 Å². The van der Waals surface area contributed by atoms with Crippen LogP contribution >= 0.6 is 11.3 Å². The number of carbonyl (C=O) groups is 1. The molecule has 6 heteroatoms. The number of nitrogens with one attached hydrogen (secondary N) is 1. The van der Waals surface area contributed by atoms with Gasteiger partial charge in [0, 0.05) is 29.4 Å². The van der Waals surface area contributed by atoms with Gasteiger partial charge in [-0.25, -0.2) is 4.98 Å². The Morgan fingerprint density at radius 1 is 1.21 bits per heavy atom. The Bertz CT molecular complexity index is 1110. The van der Waals surface area contributed by atoms with Gasteiger partial charge in [0.1, 0.15) is 5.75 Å². The lowest BCUT2D eigenvalue weighted by Crippen LogP contribution is -2.25. The Hall–Kier alpha value is -3.12. The number of nitrogens with zero attached hydrogens (tertiary/aromatic N) is 2. The highest BCUT2D eigenvalue weighted by Crippen LogP contribution is 2.25.